The molecule has 0 spiro atoms. The van der Waals surface area contributed by atoms with Crippen LogP contribution in [-0.2, 0) is 4.79 Å². The van der Waals surface area contributed by atoms with Crippen LogP contribution in [-0.4, -0.2) is 27.8 Å². The van der Waals surface area contributed by atoms with Crippen LogP contribution >= 0.6 is 0 Å². The quantitative estimate of drug-likeness (QED) is 0.737. The highest BCUT2D eigenvalue weighted by atomic mass is 16.5. The van der Waals surface area contributed by atoms with Crippen molar-refractivity contribution in [2.24, 2.45) is 0 Å². The maximum absolute atomic E-state index is 12.5. The number of benzene rings is 2. The predicted molar refractivity (Wildman–Crippen MR) is 108 cm³/mol. The van der Waals surface area contributed by atoms with E-state index in [1.807, 2.05) is 32.0 Å². The molecule has 0 aliphatic carbocycles. The molecule has 1 atom stereocenters. The van der Waals surface area contributed by atoms with Gasteiger partial charge in [0.25, 0.3) is 0 Å². The second-order valence-corrected chi connectivity index (χ2v) is 6.56. The van der Waals surface area contributed by atoms with Crippen LogP contribution in [0.15, 0.2) is 53.5 Å². The fourth-order valence-electron chi connectivity index (χ4n) is 2.69. The average molecular weight is 378 g/mol. The largest absolute Gasteiger partial charge is 0.497 e. The lowest BCUT2D eigenvalue weighted by Gasteiger charge is -2.14. The molecule has 1 heterocycles. The van der Waals surface area contributed by atoms with Crippen LogP contribution < -0.4 is 15.7 Å². The molecule has 7 heteroatoms. The Morgan fingerprint density at radius 3 is 2.43 bits per heavy atom. The minimum Gasteiger partial charge on any atom is -0.497 e. The molecule has 1 N–H and O–H groups in total. The minimum absolute atomic E-state index is 0.336. The van der Waals surface area contributed by atoms with E-state index in [4.69, 9.17) is 4.74 Å². The van der Waals surface area contributed by atoms with Crippen molar-refractivity contribution in [3.63, 3.8) is 0 Å². The minimum atomic E-state index is -0.800. The van der Waals surface area contributed by atoms with Gasteiger partial charge < -0.3 is 10.1 Å². The summed E-state index contributed by atoms with van der Waals surface area (Å²) >= 11 is 0. The van der Waals surface area contributed by atoms with Crippen molar-refractivity contribution in [2.75, 3.05) is 12.4 Å². The number of nitrogens with one attached hydrogen (secondary N) is 1. The molecule has 0 saturated heterocycles. The molecule has 1 amide bonds. The lowest BCUT2D eigenvalue weighted by Crippen LogP contribution is -2.34. The Hall–Kier alpha value is -3.48. The van der Waals surface area contributed by atoms with E-state index in [0.29, 0.717) is 17.1 Å². The maximum Gasteiger partial charge on any atom is 0.365 e. The van der Waals surface area contributed by atoms with Crippen molar-refractivity contribution >= 4 is 11.6 Å². The van der Waals surface area contributed by atoms with Crippen molar-refractivity contribution in [3.8, 4) is 17.0 Å². The summed E-state index contributed by atoms with van der Waals surface area (Å²) in [5, 5.41) is 6.96. The Morgan fingerprint density at radius 2 is 1.82 bits per heavy atom. The summed E-state index contributed by atoms with van der Waals surface area (Å²) in [5.74, 6) is 0.374. The highest BCUT2D eigenvalue weighted by Crippen LogP contribution is 2.19. The zero-order chi connectivity index (χ0) is 20.3. The first-order valence-corrected chi connectivity index (χ1v) is 8.87. The molecular weight excluding hydrogens is 356 g/mol. The third kappa shape index (κ3) is 4.09. The molecule has 0 aliphatic rings. The van der Waals surface area contributed by atoms with Gasteiger partial charge in [-0.3, -0.25) is 4.79 Å². The van der Waals surface area contributed by atoms with Crippen molar-refractivity contribution in [1.29, 1.82) is 0 Å². The van der Waals surface area contributed by atoms with Gasteiger partial charge in [-0.25, -0.2) is 9.48 Å². The molecule has 0 radical (unpaired) electrons. The first-order valence-electron chi connectivity index (χ1n) is 8.87. The molecular formula is C21H22N4O3. The number of amides is 1. The summed E-state index contributed by atoms with van der Waals surface area (Å²) in [6.07, 6.45) is 1.48. The van der Waals surface area contributed by atoms with Gasteiger partial charge in [0.05, 0.1) is 19.0 Å². The Kier molecular flexibility index (Phi) is 5.54. The Morgan fingerprint density at radius 1 is 1.11 bits per heavy atom. The first-order chi connectivity index (χ1) is 13.4. The van der Waals surface area contributed by atoms with Gasteiger partial charge in [0.1, 0.15) is 11.8 Å². The van der Waals surface area contributed by atoms with Crippen molar-refractivity contribution in [2.45, 2.75) is 26.8 Å². The zero-order valence-corrected chi connectivity index (χ0v) is 16.3. The van der Waals surface area contributed by atoms with Crippen molar-refractivity contribution in [1.82, 2.24) is 14.8 Å². The molecule has 3 aromatic rings. The van der Waals surface area contributed by atoms with Crippen LogP contribution in [0.25, 0.3) is 11.3 Å². The summed E-state index contributed by atoms with van der Waals surface area (Å²) in [6.45, 7) is 5.59. The average Bonchev–Trinajstić information content (AvgIpc) is 2.70. The molecule has 2 aromatic carbocycles. The highest BCUT2D eigenvalue weighted by molar-refractivity contribution is 5.93. The van der Waals surface area contributed by atoms with E-state index >= 15 is 0 Å². The molecule has 144 valence electrons. The van der Waals surface area contributed by atoms with Gasteiger partial charge in [-0.1, -0.05) is 6.07 Å². The fraction of sp³-hybridized carbons (Fsp3) is 0.238. The van der Waals surface area contributed by atoms with Gasteiger partial charge in [-0.2, -0.15) is 10.1 Å². The molecule has 7 nitrogen and oxygen atoms in total. The summed E-state index contributed by atoms with van der Waals surface area (Å²) in [7, 11) is 1.58. The molecule has 0 aliphatic heterocycles. The van der Waals surface area contributed by atoms with Crippen molar-refractivity contribution in [3.05, 3.63) is 70.3 Å². The Bertz CT molecular complexity index is 1060. The topological polar surface area (TPSA) is 86.1 Å². The van der Waals surface area contributed by atoms with E-state index < -0.39 is 11.7 Å². The molecule has 0 bridgehead atoms. The van der Waals surface area contributed by atoms with E-state index in [1.165, 1.54) is 6.20 Å². The smallest absolute Gasteiger partial charge is 0.365 e. The van der Waals surface area contributed by atoms with Crippen LogP contribution in [0.4, 0.5) is 5.69 Å². The molecule has 28 heavy (non-hydrogen) atoms. The third-order valence-electron chi connectivity index (χ3n) is 4.62. The van der Waals surface area contributed by atoms with Gasteiger partial charge in [-0.15, -0.1) is 0 Å². The zero-order valence-electron chi connectivity index (χ0n) is 16.3. The van der Waals surface area contributed by atoms with Gasteiger partial charge in [0.2, 0.25) is 5.91 Å². The standard InChI is InChI=1S/C21H22N4O3/c1-13-5-8-17(11-14(13)2)23-20(26)15(3)25-21(27)24-19(12-22-25)16-6-9-18(28-4)10-7-16/h5-12,15H,1-4H3,(H,23,26)/t15-/m1/s1. The van der Waals surface area contributed by atoms with Crippen molar-refractivity contribution < 1.29 is 9.53 Å². The monoisotopic (exact) mass is 378 g/mol. The van der Waals surface area contributed by atoms with E-state index in [1.54, 1.807) is 38.3 Å². The number of methoxy groups -OCH3 is 1. The molecule has 1 aromatic heterocycles. The van der Waals surface area contributed by atoms with Gasteiger partial charge in [0.15, 0.2) is 0 Å². The number of nitrogens with zero attached hydrogens (tertiary/aromatic N) is 3. The van der Waals surface area contributed by atoms with E-state index in [0.717, 1.165) is 21.4 Å². The number of anilines is 1. The molecule has 0 unspecified atom stereocenters. The second-order valence-electron chi connectivity index (χ2n) is 6.56. The summed E-state index contributed by atoms with van der Waals surface area (Å²) in [6, 6.07) is 12.0. The highest BCUT2D eigenvalue weighted by Gasteiger charge is 2.19. The lowest BCUT2D eigenvalue weighted by molar-refractivity contribution is -0.119. The van der Waals surface area contributed by atoms with Gasteiger partial charge in [-0.05, 0) is 68.3 Å². The number of carbonyl (C=O) groups is 1. The van der Waals surface area contributed by atoms with Crippen LogP contribution in [0.5, 0.6) is 5.75 Å². The van der Waals surface area contributed by atoms with E-state index in [-0.39, 0.29) is 5.91 Å². The van der Waals surface area contributed by atoms with Crippen LogP contribution in [0.1, 0.15) is 24.1 Å². The second kappa shape index (κ2) is 8.04. The van der Waals surface area contributed by atoms with E-state index in [9.17, 15) is 9.59 Å². The number of ether oxygens (including phenoxy) is 1. The third-order valence-corrected chi connectivity index (χ3v) is 4.62. The number of carbonyl (C=O) groups excluding carboxylic acids is 1. The lowest BCUT2D eigenvalue weighted by atomic mass is 10.1. The maximum atomic E-state index is 12.5. The van der Waals surface area contributed by atoms with Gasteiger partial charge in [0, 0.05) is 11.3 Å². The number of aryl methyl sites for hydroxylation is 2. The summed E-state index contributed by atoms with van der Waals surface area (Å²) < 4.78 is 6.19. The number of rotatable bonds is 5. The SMILES string of the molecule is COc1ccc(-c2cnn([C@H](C)C(=O)Nc3ccc(C)c(C)c3)c(=O)n2)cc1. The van der Waals surface area contributed by atoms with E-state index in [2.05, 4.69) is 15.4 Å². The normalized spacial score (nSPS) is 11.7. The van der Waals surface area contributed by atoms with Crippen LogP contribution in [0.3, 0.4) is 0 Å². The fourth-order valence-corrected chi connectivity index (χ4v) is 2.69. The molecule has 0 fully saturated rings. The first kappa shape index (κ1) is 19.3. The Balaban J connectivity index is 1.79. The van der Waals surface area contributed by atoms with Crippen LogP contribution in [0, 0.1) is 13.8 Å². The van der Waals surface area contributed by atoms with Gasteiger partial charge >= 0.3 is 5.69 Å². The summed E-state index contributed by atoms with van der Waals surface area (Å²) in [5.41, 5.74) is 3.48. The predicted octanol–water partition coefficient (Wildman–Crippen LogP) is 3.13. The Labute approximate surface area is 163 Å². The molecule has 3 rings (SSSR count). The summed E-state index contributed by atoms with van der Waals surface area (Å²) in [4.78, 5) is 29.0. The number of hydrogen-bond acceptors (Lipinski definition) is 5. The number of aromatic nitrogens is 3. The van der Waals surface area contributed by atoms with Crippen LogP contribution in [0.2, 0.25) is 0 Å². The molecule has 0 saturated carbocycles. The number of hydrogen-bond donors (Lipinski definition) is 1.